The Morgan fingerprint density at radius 3 is 2.54 bits per heavy atom. The number of carbonyl (C=O) groups is 5. The predicted molar refractivity (Wildman–Crippen MR) is 232 cm³/mol. The molecule has 10 rings (SSSR count). The normalized spacial score (nSPS) is 22.6. The number of carbonyl (C=O) groups excluding carboxylic acids is 5. The molecule has 4 fully saturated rings. The fourth-order valence-electron chi connectivity index (χ4n) is 10.7. The van der Waals surface area contributed by atoms with Gasteiger partial charge >= 0.3 is 0 Å². The second-order valence-corrected chi connectivity index (χ2v) is 18.2. The van der Waals surface area contributed by atoms with E-state index < -0.39 is 29.7 Å². The first kappa shape index (κ1) is 40.6. The van der Waals surface area contributed by atoms with Gasteiger partial charge in [-0.2, -0.15) is 5.10 Å². The van der Waals surface area contributed by atoms with Crippen LogP contribution >= 0.6 is 0 Å². The average molecular weight is 854 g/mol. The molecule has 5 amide bonds. The molecule has 2 aliphatic carbocycles. The predicted octanol–water partition coefficient (Wildman–Crippen LogP) is 6.39. The molecule has 3 N–H and O–H groups in total. The van der Waals surface area contributed by atoms with Crippen LogP contribution in [-0.4, -0.2) is 98.4 Å². The number of methoxy groups -OCH3 is 1. The minimum absolute atomic E-state index is 0.0931. The molecule has 1 spiro atoms. The lowest BCUT2D eigenvalue weighted by Crippen LogP contribution is -2.54. The van der Waals surface area contributed by atoms with E-state index in [1.165, 1.54) is 19.1 Å². The van der Waals surface area contributed by atoms with Crippen LogP contribution in [0.2, 0.25) is 0 Å². The zero-order valence-corrected chi connectivity index (χ0v) is 35.5. The van der Waals surface area contributed by atoms with E-state index in [1.807, 2.05) is 31.2 Å². The third-order valence-corrected chi connectivity index (χ3v) is 14.1. The number of anilines is 2. The van der Waals surface area contributed by atoms with Crippen LogP contribution in [0.25, 0.3) is 22.4 Å². The van der Waals surface area contributed by atoms with Crippen LogP contribution in [0, 0.1) is 24.2 Å². The van der Waals surface area contributed by atoms with Gasteiger partial charge in [0.05, 0.1) is 35.5 Å². The molecule has 1 atom stereocenters. The highest BCUT2D eigenvalue weighted by Gasteiger charge is 2.47. The summed E-state index contributed by atoms with van der Waals surface area (Å²) in [5.74, 6) is -0.345. The number of piperidine rings is 2. The number of amides is 5. The summed E-state index contributed by atoms with van der Waals surface area (Å²) < 4.78 is 13.4. The molecule has 5 aliphatic rings. The molecule has 5 aromatic rings. The number of pyridine rings is 1. The van der Waals surface area contributed by atoms with Crippen LogP contribution in [0.4, 0.5) is 11.4 Å². The van der Waals surface area contributed by atoms with E-state index in [1.54, 1.807) is 31.5 Å². The van der Waals surface area contributed by atoms with E-state index in [9.17, 15) is 24.0 Å². The van der Waals surface area contributed by atoms with Gasteiger partial charge in [0, 0.05) is 60.3 Å². The Labute approximate surface area is 364 Å². The lowest BCUT2D eigenvalue weighted by Gasteiger charge is -2.53. The van der Waals surface area contributed by atoms with E-state index >= 15 is 0 Å². The van der Waals surface area contributed by atoms with Crippen LogP contribution in [0.3, 0.4) is 0 Å². The number of hydrogen-bond donors (Lipinski definition) is 3. The van der Waals surface area contributed by atoms with Crippen molar-refractivity contribution in [1.29, 1.82) is 0 Å². The van der Waals surface area contributed by atoms with Gasteiger partial charge in [0.1, 0.15) is 18.1 Å². The molecular formula is C47H51N9O7. The zero-order chi connectivity index (χ0) is 43.4. The Bertz CT molecular complexity index is 2630. The van der Waals surface area contributed by atoms with Gasteiger partial charge in [0.25, 0.3) is 17.7 Å². The molecule has 0 radical (unpaired) electrons. The molecule has 0 bridgehead atoms. The molecule has 2 saturated carbocycles. The van der Waals surface area contributed by atoms with Gasteiger partial charge in [-0.15, -0.1) is 0 Å². The molecule has 2 aromatic carbocycles. The standard InChI is InChI=1S/C47H51N9O7/c1-27-18-30(12-15-48-27)44-51-37(26-63-44)42(58)50-36-19-31-25-55(53-35(31)20-39(36)62-2)32-8-6-28(7-9-32)24-54-16-13-47(14-17-54)21-29(22-47)23-49-34-5-3-4-33-41(34)46(61)56(45(33)60)38-10-11-40(57)52-43(38)59/h3-5,12,15,18-20,25-26,28-29,32,38,49H,6-11,13-14,16-17,21-24H2,1-2H3,(H,50,58)(H,52,57,59)/t28-,32-,38?. The monoisotopic (exact) mass is 853 g/mol. The second-order valence-electron chi connectivity index (χ2n) is 18.2. The number of fused-ring (bicyclic) bond motifs is 2. The number of imide groups is 2. The van der Waals surface area contributed by atoms with E-state index in [0.717, 1.165) is 91.8 Å². The highest BCUT2D eigenvalue weighted by Crippen LogP contribution is 2.53. The van der Waals surface area contributed by atoms with Crippen LogP contribution in [-0.2, 0) is 9.59 Å². The van der Waals surface area contributed by atoms with Gasteiger partial charge in [-0.3, -0.25) is 43.9 Å². The molecule has 6 heterocycles. The summed E-state index contributed by atoms with van der Waals surface area (Å²) >= 11 is 0. The average Bonchev–Trinajstić information content (AvgIpc) is 4.00. The fraction of sp³-hybridized carbons (Fsp3) is 0.447. The summed E-state index contributed by atoms with van der Waals surface area (Å²) in [6, 6.07) is 12.0. The number of rotatable bonds is 11. The third-order valence-electron chi connectivity index (χ3n) is 14.1. The largest absolute Gasteiger partial charge is 0.494 e. The maximum Gasteiger partial charge on any atom is 0.277 e. The summed E-state index contributed by atoms with van der Waals surface area (Å²) in [6.07, 6.45) is 14.5. The molecule has 3 aliphatic heterocycles. The Hall–Kier alpha value is -6.42. The molecule has 16 nitrogen and oxygen atoms in total. The van der Waals surface area contributed by atoms with Crippen molar-refractivity contribution < 1.29 is 33.1 Å². The number of oxazole rings is 1. The number of benzene rings is 2. The Kier molecular flexibility index (Phi) is 10.6. The van der Waals surface area contributed by atoms with Gasteiger partial charge < -0.3 is 24.7 Å². The van der Waals surface area contributed by atoms with Crippen LogP contribution in [0.5, 0.6) is 5.75 Å². The Morgan fingerprint density at radius 1 is 0.968 bits per heavy atom. The lowest BCUT2D eigenvalue weighted by atomic mass is 9.57. The van der Waals surface area contributed by atoms with Crippen molar-refractivity contribution in [1.82, 2.24) is 34.9 Å². The minimum atomic E-state index is -0.977. The maximum absolute atomic E-state index is 13.5. The topological polar surface area (TPSA) is 194 Å². The van der Waals surface area contributed by atoms with Crippen molar-refractivity contribution >= 4 is 51.8 Å². The molecule has 63 heavy (non-hydrogen) atoms. The van der Waals surface area contributed by atoms with Crippen molar-refractivity contribution in [3.8, 4) is 17.2 Å². The highest BCUT2D eigenvalue weighted by molar-refractivity contribution is 6.25. The number of hydrogen-bond acceptors (Lipinski definition) is 12. The van der Waals surface area contributed by atoms with E-state index in [2.05, 4.69) is 41.7 Å². The number of nitrogens with zero attached hydrogens (tertiary/aromatic N) is 6. The Morgan fingerprint density at radius 2 is 1.78 bits per heavy atom. The smallest absolute Gasteiger partial charge is 0.277 e. The minimum Gasteiger partial charge on any atom is -0.494 e. The fourth-order valence-corrected chi connectivity index (χ4v) is 10.7. The number of aryl methyl sites for hydroxylation is 1. The van der Waals surface area contributed by atoms with E-state index in [4.69, 9.17) is 14.3 Å². The summed E-state index contributed by atoms with van der Waals surface area (Å²) in [7, 11) is 1.58. The highest BCUT2D eigenvalue weighted by atomic mass is 16.5. The maximum atomic E-state index is 13.5. The lowest BCUT2D eigenvalue weighted by molar-refractivity contribution is -0.136. The first-order chi connectivity index (χ1) is 30.5. The van der Waals surface area contributed by atoms with Crippen molar-refractivity contribution in [2.45, 2.75) is 83.2 Å². The molecule has 1 unspecified atom stereocenters. The number of aromatic nitrogens is 4. The first-order valence-electron chi connectivity index (χ1n) is 22.1. The van der Waals surface area contributed by atoms with Crippen LogP contribution in [0.15, 0.2) is 65.5 Å². The van der Waals surface area contributed by atoms with Crippen molar-refractivity contribution in [3.05, 3.63) is 83.6 Å². The van der Waals surface area contributed by atoms with Gasteiger partial charge in [-0.25, -0.2) is 4.98 Å². The Balaban J connectivity index is 0.681. The van der Waals surface area contributed by atoms with Crippen molar-refractivity contribution in [3.63, 3.8) is 0 Å². The summed E-state index contributed by atoms with van der Waals surface area (Å²) in [4.78, 5) is 76.5. The van der Waals surface area contributed by atoms with Crippen molar-refractivity contribution in [2.75, 3.05) is 43.9 Å². The summed E-state index contributed by atoms with van der Waals surface area (Å²) in [5, 5.41) is 14.6. The third kappa shape index (κ3) is 7.85. The van der Waals surface area contributed by atoms with Gasteiger partial charge in [0.15, 0.2) is 5.69 Å². The van der Waals surface area contributed by atoms with Gasteiger partial charge in [-0.1, -0.05) is 6.07 Å². The molecule has 16 heteroatoms. The van der Waals surface area contributed by atoms with E-state index in [0.29, 0.717) is 57.4 Å². The second kappa shape index (κ2) is 16.4. The molecular weight excluding hydrogens is 803 g/mol. The number of likely N-dealkylation sites (tertiary alicyclic amines) is 1. The quantitative estimate of drug-likeness (QED) is 0.124. The van der Waals surface area contributed by atoms with Crippen LogP contribution < -0.4 is 20.7 Å². The summed E-state index contributed by atoms with van der Waals surface area (Å²) in [5.41, 5.74) is 4.70. The molecule has 2 saturated heterocycles. The molecule has 326 valence electrons. The number of nitrogens with one attached hydrogen (secondary N) is 3. The van der Waals surface area contributed by atoms with E-state index in [-0.39, 0.29) is 24.4 Å². The summed E-state index contributed by atoms with van der Waals surface area (Å²) in [6.45, 7) is 5.97. The van der Waals surface area contributed by atoms with Crippen molar-refractivity contribution in [2.24, 2.45) is 17.3 Å². The van der Waals surface area contributed by atoms with Crippen LogP contribution in [0.1, 0.15) is 107 Å². The SMILES string of the molecule is COc1cc2nn([C@H]3CC[C@H](CN4CCC5(CC4)CC(CNc4cccc6c4C(=O)N(C4CCC(=O)NC4=O)C6=O)C5)CC3)cc2cc1NC(=O)c1coc(-c2ccnc(C)c2)n1. The van der Waals surface area contributed by atoms with Gasteiger partial charge in [0.2, 0.25) is 17.7 Å². The zero-order valence-electron chi connectivity index (χ0n) is 35.5. The molecule has 3 aromatic heterocycles. The number of ether oxygens (including phenoxy) is 1. The van der Waals surface area contributed by atoms with Gasteiger partial charge in [-0.05, 0) is 125 Å². The first-order valence-corrected chi connectivity index (χ1v) is 22.1.